The lowest BCUT2D eigenvalue weighted by Crippen LogP contribution is -2.33. The largest absolute Gasteiger partial charge is 0.346 e. The predicted octanol–water partition coefficient (Wildman–Crippen LogP) is 1.85. The van der Waals surface area contributed by atoms with Crippen molar-refractivity contribution in [2.45, 2.75) is 32.4 Å². The van der Waals surface area contributed by atoms with Crippen molar-refractivity contribution in [2.75, 3.05) is 0 Å². The molecule has 1 N–H and O–H groups in total. The van der Waals surface area contributed by atoms with Crippen LogP contribution in [0.1, 0.15) is 30.1 Å². The topological polar surface area (TPSA) is 59.8 Å². The number of pyridine rings is 1. The summed E-state index contributed by atoms with van der Waals surface area (Å²) >= 11 is 0. The fourth-order valence-electron chi connectivity index (χ4n) is 2.42. The number of carbonyl (C=O) groups excluding carboxylic acids is 1. The number of aryl methyl sites for hydroxylation is 1. The zero-order valence-corrected chi connectivity index (χ0v) is 11.5. The van der Waals surface area contributed by atoms with E-state index in [0.29, 0.717) is 5.92 Å². The van der Waals surface area contributed by atoms with Gasteiger partial charge in [0.1, 0.15) is 6.54 Å². The molecule has 0 radical (unpaired) electrons. The summed E-state index contributed by atoms with van der Waals surface area (Å²) in [5.74, 6) is 0.501. The van der Waals surface area contributed by atoms with Gasteiger partial charge in [0.05, 0.1) is 11.7 Å². The van der Waals surface area contributed by atoms with E-state index in [0.717, 1.165) is 24.1 Å². The summed E-state index contributed by atoms with van der Waals surface area (Å²) in [7, 11) is 0. The Morgan fingerprint density at radius 2 is 2.30 bits per heavy atom. The summed E-state index contributed by atoms with van der Waals surface area (Å²) in [4.78, 5) is 16.6. The summed E-state index contributed by atoms with van der Waals surface area (Å²) < 4.78 is 1.63. The van der Waals surface area contributed by atoms with Crippen LogP contribution in [-0.4, -0.2) is 20.7 Å². The van der Waals surface area contributed by atoms with E-state index in [1.54, 1.807) is 23.3 Å². The maximum Gasteiger partial charge on any atom is 0.242 e. The van der Waals surface area contributed by atoms with Crippen molar-refractivity contribution < 1.29 is 4.79 Å². The first kappa shape index (κ1) is 12.8. The van der Waals surface area contributed by atoms with Gasteiger partial charge >= 0.3 is 0 Å². The molecule has 3 rings (SSSR count). The number of rotatable bonds is 5. The van der Waals surface area contributed by atoms with E-state index in [-0.39, 0.29) is 18.5 Å². The van der Waals surface area contributed by atoms with E-state index >= 15 is 0 Å². The second-order valence-corrected chi connectivity index (χ2v) is 5.29. The summed E-state index contributed by atoms with van der Waals surface area (Å²) in [5.41, 5.74) is 2.12. The average molecular weight is 270 g/mol. The van der Waals surface area contributed by atoms with Gasteiger partial charge in [0, 0.05) is 18.6 Å². The van der Waals surface area contributed by atoms with Crippen molar-refractivity contribution in [3.63, 3.8) is 0 Å². The van der Waals surface area contributed by atoms with Gasteiger partial charge in [-0.1, -0.05) is 6.07 Å². The third-order valence-corrected chi connectivity index (χ3v) is 3.62. The Hall–Kier alpha value is -2.17. The Morgan fingerprint density at radius 3 is 2.95 bits per heavy atom. The smallest absolute Gasteiger partial charge is 0.242 e. The molecule has 0 spiro atoms. The predicted molar refractivity (Wildman–Crippen MR) is 74.8 cm³/mol. The molecule has 20 heavy (non-hydrogen) atoms. The summed E-state index contributed by atoms with van der Waals surface area (Å²) in [5, 5.41) is 7.17. The average Bonchev–Trinajstić information content (AvgIpc) is 3.15. The van der Waals surface area contributed by atoms with Crippen molar-refractivity contribution in [2.24, 2.45) is 5.92 Å². The highest BCUT2D eigenvalue weighted by molar-refractivity contribution is 5.76. The third-order valence-electron chi connectivity index (χ3n) is 3.62. The molecule has 1 amide bonds. The number of nitrogens with zero attached hydrogens (tertiary/aromatic N) is 3. The molecule has 2 aromatic rings. The third kappa shape index (κ3) is 2.87. The van der Waals surface area contributed by atoms with Crippen LogP contribution in [0.3, 0.4) is 0 Å². The Kier molecular flexibility index (Phi) is 3.50. The fourth-order valence-corrected chi connectivity index (χ4v) is 2.42. The normalized spacial score (nSPS) is 15.8. The van der Waals surface area contributed by atoms with Crippen molar-refractivity contribution >= 4 is 5.91 Å². The van der Waals surface area contributed by atoms with Crippen LogP contribution >= 0.6 is 0 Å². The molecule has 2 heterocycles. The molecular formula is C15H18N4O. The van der Waals surface area contributed by atoms with E-state index in [2.05, 4.69) is 15.4 Å². The van der Waals surface area contributed by atoms with Gasteiger partial charge < -0.3 is 5.32 Å². The minimum absolute atomic E-state index is 0.0179. The van der Waals surface area contributed by atoms with Crippen molar-refractivity contribution in [1.29, 1.82) is 0 Å². The maximum absolute atomic E-state index is 12.1. The highest BCUT2D eigenvalue weighted by Gasteiger charge is 2.35. The van der Waals surface area contributed by atoms with Gasteiger partial charge in [-0.25, -0.2) is 0 Å². The molecule has 1 saturated carbocycles. The Balaban J connectivity index is 1.72. The second-order valence-electron chi connectivity index (χ2n) is 5.29. The first-order valence-electron chi connectivity index (χ1n) is 6.92. The fraction of sp³-hybridized carbons (Fsp3) is 0.400. The Morgan fingerprint density at radius 1 is 1.45 bits per heavy atom. The molecule has 0 aromatic carbocycles. The van der Waals surface area contributed by atoms with Gasteiger partial charge in [-0.05, 0) is 43.4 Å². The SMILES string of the molecule is Cc1cccnc1C(NC(=O)Cn1cccn1)C1CC1. The van der Waals surface area contributed by atoms with Crippen LogP contribution in [0.15, 0.2) is 36.8 Å². The summed E-state index contributed by atoms with van der Waals surface area (Å²) in [6.07, 6.45) is 7.56. The summed E-state index contributed by atoms with van der Waals surface area (Å²) in [6.45, 7) is 2.29. The number of carbonyl (C=O) groups is 1. The molecule has 1 atom stereocenters. The first-order chi connectivity index (χ1) is 9.74. The zero-order chi connectivity index (χ0) is 13.9. The standard InChI is InChI=1S/C15H18N4O/c1-11-4-2-7-16-14(11)15(12-5-6-12)18-13(20)10-19-9-3-8-17-19/h2-4,7-9,12,15H,5-6,10H2,1H3,(H,18,20). The molecule has 1 unspecified atom stereocenters. The van der Waals surface area contributed by atoms with E-state index < -0.39 is 0 Å². The molecule has 5 nitrogen and oxygen atoms in total. The van der Waals surface area contributed by atoms with Crippen molar-refractivity contribution in [3.05, 3.63) is 48.0 Å². The highest BCUT2D eigenvalue weighted by Crippen LogP contribution is 2.41. The maximum atomic E-state index is 12.1. The first-order valence-corrected chi connectivity index (χ1v) is 6.92. The van der Waals surface area contributed by atoms with E-state index in [4.69, 9.17) is 0 Å². The lowest BCUT2D eigenvalue weighted by Gasteiger charge is -2.19. The van der Waals surface area contributed by atoms with Crippen LogP contribution in [0.5, 0.6) is 0 Å². The van der Waals surface area contributed by atoms with E-state index in [1.807, 2.05) is 25.1 Å². The number of aromatic nitrogens is 3. The van der Waals surface area contributed by atoms with Gasteiger partial charge in [0.15, 0.2) is 0 Å². The number of nitrogens with one attached hydrogen (secondary N) is 1. The second kappa shape index (κ2) is 5.45. The van der Waals surface area contributed by atoms with Crippen LogP contribution < -0.4 is 5.32 Å². The van der Waals surface area contributed by atoms with Crippen LogP contribution in [0.2, 0.25) is 0 Å². The van der Waals surface area contributed by atoms with Crippen LogP contribution in [0, 0.1) is 12.8 Å². The molecule has 1 fully saturated rings. The van der Waals surface area contributed by atoms with E-state index in [1.165, 1.54) is 0 Å². The van der Waals surface area contributed by atoms with Gasteiger partial charge in [-0.2, -0.15) is 5.10 Å². The van der Waals surface area contributed by atoms with Gasteiger partial charge in [0.2, 0.25) is 5.91 Å². The van der Waals surface area contributed by atoms with Gasteiger partial charge in [0.25, 0.3) is 0 Å². The molecule has 1 aliphatic rings. The minimum atomic E-state index is -0.0179. The van der Waals surface area contributed by atoms with Crippen molar-refractivity contribution in [3.8, 4) is 0 Å². The molecular weight excluding hydrogens is 252 g/mol. The van der Waals surface area contributed by atoms with Crippen LogP contribution in [0.4, 0.5) is 0 Å². The molecule has 104 valence electrons. The monoisotopic (exact) mass is 270 g/mol. The van der Waals surface area contributed by atoms with Gasteiger partial charge in [-0.3, -0.25) is 14.5 Å². The summed E-state index contributed by atoms with van der Waals surface area (Å²) in [6, 6.07) is 5.81. The lowest BCUT2D eigenvalue weighted by atomic mass is 10.0. The highest BCUT2D eigenvalue weighted by atomic mass is 16.2. The molecule has 5 heteroatoms. The minimum Gasteiger partial charge on any atom is -0.346 e. The molecule has 0 bridgehead atoms. The molecule has 1 aliphatic carbocycles. The van der Waals surface area contributed by atoms with Gasteiger partial charge in [-0.15, -0.1) is 0 Å². The van der Waals surface area contributed by atoms with Crippen LogP contribution in [-0.2, 0) is 11.3 Å². The van der Waals surface area contributed by atoms with Crippen molar-refractivity contribution in [1.82, 2.24) is 20.1 Å². The Bertz CT molecular complexity index is 590. The number of hydrogen-bond acceptors (Lipinski definition) is 3. The quantitative estimate of drug-likeness (QED) is 0.902. The number of amides is 1. The Labute approximate surface area is 118 Å². The van der Waals surface area contributed by atoms with E-state index in [9.17, 15) is 4.79 Å². The zero-order valence-electron chi connectivity index (χ0n) is 11.5. The number of hydrogen-bond donors (Lipinski definition) is 1. The van der Waals surface area contributed by atoms with Crippen LogP contribution in [0.25, 0.3) is 0 Å². The molecule has 0 saturated heterocycles. The molecule has 0 aliphatic heterocycles. The lowest BCUT2D eigenvalue weighted by molar-refractivity contribution is -0.122. The molecule has 2 aromatic heterocycles.